The summed E-state index contributed by atoms with van der Waals surface area (Å²) in [6, 6.07) is 3.52. The van der Waals surface area contributed by atoms with Gasteiger partial charge in [0.15, 0.2) is 0 Å². The van der Waals surface area contributed by atoms with Gasteiger partial charge in [0.25, 0.3) is 0 Å². The van der Waals surface area contributed by atoms with E-state index in [0.717, 1.165) is 19.3 Å². The van der Waals surface area contributed by atoms with Crippen LogP contribution in [-0.2, 0) is 9.53 Å². The van der Waals surface area contributed by atoms with Gasteiger partial charge in [0.2, 0.25) is 11.8 Å². The SMILES string of the molecule is COCC(=O)N[C@@H]1CC#CCC1.NC(=O)c1cccnc1. The number of nitrogens with zero attached hydrogens (tertiary/aromatic N) is 1. The average molecular weight is 289 g/mol. The van der Waals surface area contributed by atoms with Gasteiger partial charge in [-0.2, -0.15) is 0 Å². The van der Waals surface area contributed by atoms with Crippen molar-refractivity contribution in [2.24, 2.45) is 5.73 Å². The van der Waals surface area contributed by atoms with E-state index in [1.54, 1.807) is 18.3 Å². The summed E-state index contributed by atoms with van der Waals surface area (Å²) in [4.78, 5) is 25.1. The van der Waals surface area contributed by atoms with Crippen LogP contribution in [0.1, 0.15) is 29.6 Å². The number of hydrogen-bond donors (Lipinski definition) is 2. The Morgan fingerprint density at radius 2 is 2.33 bits per heavy atom. The van der Waals surface area contributed by atoms with Gasteiger partial charge in [0.05, 0.1) is 5.56 Å². The molecule has 6 nitrogen and oxygen atoms in total. The van der Waals surface area contributed by atoms with Crippen LogP contribution in [0.25, 0.3) is 0 Å². The average Bonchev–Trinajstić information content (AvgIpc) is 2.50. The van der Waals surface area contributed by atoms with Gasteiger partial charge in [-0.3, -0.25) is 14.6 Å². The molecule has 2 rings (SSSR count). The summed E-state index contributed by atoms with van der Waals surface area (Å²) in [5, 5.41) is 2.85. The summed E-state index contributed by atoms with van der Waals surface area (Å²) in [5.41, 5.74) is 5.38. The number of carbonyl (C=O) groups is 2. The van der Waals surface area contributed by atoms with Gasteiger partial charge in [-0.1, -0.05) is 0 Å². The highest BCUT2D eigenvalue weighted by molar-refractivity contribution is 5.92. The number of methoxy groups -OCH3 is 1. The molecule has 6 heteroatoms. The third-order valence-electron chi connectivity index (χ3n) is 2.68. The number of aromatic nitrogens is 1. The molecule has 0 saturated heterocycles. The lowest BCUT2D eigenvalue weighted by molar-refractivity contribution is -0.125. The Morgan fingerprint density at radius 3 is 2.81 bits per heavy atom. The highest BCUT2D eigenvalue weighted by Crippen LogP contribution is 2.04. The van der Waals surface area contributed by atoms with E-state index in [1.807, 2.05) is 0 Å². The van der Waals surface area contributed by atoms with Crippen LogP contribution in [-0.4, -0.2) is 36.6 Å². The Labute approximate surface area is 124 Å². The maximum atomic E-state index is 11.0. The second-order valence-corrected chi connectivity index (χ2v) is 4.40. The lowest BCUT2D eigenvalue weighted by Gasteiger charge is -2.16. The van der Waals surface area contributed by atoms with Crippen LogP contribution < -0.4 is 11.1 Å². The fraction of sp³-hybridized carbons (Fsp3) is 0.400. The zero-order valence-corrected chi connectivity index (χ0v) is 12.0. The molecular formula is C15H19N3O3. The lowest BCUT2D eigenvalue weighted by Crippen LogP contribution is -2.37. The predicted octanol–water partition coefficient (Wildman–Crippen LogP) is 0.485. The van der Waals surface area contributed by atoms with Gasteiger partial charge in [0, 0.05) is 38.4 Å². The fourth-order valence-corrected chi connectivity index (χ4v) is 1.66. The van der Waals surface area contributed by atoms with Gasteiger partial charge in [-0.05, 0) is 18.6 Å². The van der Waals surface area contributed by atoms with E-state index in [4.69, 9.17) is 10.5 Å². The van der Waals surface area contributed by atoms with Crippen LogP contribution in [0.3, 0.4) is 0 Å². The molecule has 0 aliphatic heterocycles. The minimum absolute atomic E-state index is 0.0498. The van der Waals surface area contributed by atoms with Crippen LogP contribution >= 0.6 is 0 Å². The maximum absolute atomic E-state index is 11.0. The number of rotatable bonds is 4. The third-order valence-corrected chi connectivity index (χ3v) is 2.68. The first-order valence-electron chi connectivity index (χ1n) is 6.57. The minimum atomic E-state index is -0.442. The number of primary amides is 1. The first-order valence-corrected chi connectivity index (χ1v) is 6.57. The zero-order valence-electron chi connectivity index (χ0n) is 12.0. The molecule has 1 aromatic rings. The molecule has 0 fully saturated rings. The topological polar surface area (TPSA) is 94.3 Å². The van der Waals surface area contributed by atoms with Gasteiger partial charge in [-0.25, -0.2) is 0 Å². The number of nitrogens with one attached hydrogen (secondary N) is 1. The van der Waals surface area contributed by atoms with Crippen molar-refractivity contribution >= 4 is 11.8 Å². The summed E-state index contributed by atoms with van der Waals surface area (Å²) < 4.78 is 4.70. The van der Waals surface area contributed by atoms with Crippen LogP contribution in [0.2, 0.25) is 0 Å². The second-order valence-electron chi connectivity index (χ2n) is 4.40. The van der Waals surface area contributed by atoms with Gasteiger partial charge < -0.3 is 15.8 Å². The summed E-state index contributed by atoms with van der Waals surface area (Å²) in [6.07, 6.45) is 5.64. The number of nitrogens with two attached hydrogens (primary N) is 1. The molecule has 3 N–H and O–H groups in total. The molecule has 1 aliphatic rings. The number of carbonyl (C=O) groups excluding carboxylic acids is 2. The van der Waals surface area contributed by atoms with Crippen molar-refractivity contribution in [2.45, 2.75) is 25.3 Å². The molecule has 0 saturated carbocycles. The van der Waals surface area contributed by atoms with Crippen LogP contribution in [0, 0.1) is 11.8 Å². The van der Waals surface area contributed by atoms with Gasteiger partial charge in [0.1, 0.15) is 6.61 Å². The molecule has 0 bridgehead atoms. The number of ether oxygens (including phenoxy) is 1. The van der Waals surface area contributed by atoms with Crippen molar-refractivity contribution < 1.29 is 14.3 Å². The predicted molar refractivity (Wildman–Crippen MR) is 78.2 cm³/mol. The molecule has 0 aromatic carbocycles. The number of pyridine rings is 1. The van der Waals surface area contributed by atoms with Crippen LogP contribution in [0.15, 0.2) is 24.5 Å². The molecule has 1 heterocycles. The quantitative estimate of drug-likeness (QED) is 0.788. The monoisotopic (exact) mass is 289 g/mol. The van der Waals surface area contributed by atoms with Crippen molar-refractivity contribution in [3.05, 3.63) is 30.1 Å². The summed E-state index contributed by atoms with van der Waals surface area (Å²) >= 11 is 0. The van der Waals surface area contributed by atoms with Crippen molar-refractivity contribution in [1.82, 2.24) is 10.3 Å². The minimum Gasteiger partial charge on any atom is -0.375 e. The first-order chi connectivity index (χ1) is 10.1. The molecule has 2 amide bonds. The molecule has 0 radical (unpaired) electrons. The lowest BCUT2D eigenvalue weighted by atomic mass is 10.0. The Morgan fingerprint density at radius 1 is 1.52 bits per heavy atom. The normalized spacial score (nSPS) is 15.8. The second kappa shape index (κ2) is 9.50. The Balaban J connectivity index is 0.000000219. The largest absolute Gasteiger partial charge is 0.375 e. The fourth-order valence-electron chi connectivity index (χ4n) is 1.66. The standard InChI is InChI=1S/C9H13NO2.C6H6N2O/c1-12-7-9(11)10-8-5-3-2-4-6-8;7-6(9)5-2-1-3-8-4-5/h8H,3,5-7H2,1H3,(H,10,11);1-4H,(H2,7,9)/t8-;/m0./s1. The van der Waals surface area contributed by atoms with Gasteiger partial charge >= 0.3 is 0 Å². The highest BCUT2D eigenvalue weighted by atomic mass is 16.5. The van der Waals surface area contributed by atoms with E-state index in [0.29, 0.717) is 5.56 Å². The summed E-state index contributed by atoms with van der Waals surface area (Å²) in [7, 11) is 1.51. The molecule has 0 unspecified atom stereocenters. The molecule has 21 heavy (non-hydrogen) atoms. The smallest absolute Gasteiger partial charge is 0.250 e. The van der Waals surface area contributed by atoms with Crippen LogP contribution in [0.4, 0.5) is 0 Å². The van der Waals surface area contributed by atoms with E-state index in [1.165, 1.54) is 13.3 Å². The summed E-state index contributed by atoms with van der Waals surface area (Å²) in [5.74, 6) is 5.47. The van der Waals surface area contributed by atoms with E-state index >= 15 is 0 Å². The summed E-state index contributed by atoms with van der Waals surface area (Å²) in [6.45, 7) is 0.143. The molecule has 1 aromatic heterocycles. The Kier molecular flexibility index (Phi) is 7.54. The number of amides is 2. The van der Waals surface area contributed by atoms with E-state index in [2.05, 4.69) is 22.1 Å². The van der Waals surface area contributed by atoms with Crippen molar-refractivity contribution in [3.63, 3.8) is 0 Å². The van der Waals surface area contributed by atoms with E-state index in [9.17, 15) is 9.59 Å². The Hall–Kier alpha value is -2.39. The molecule has 1 aliphatic carbocycles. The van der Waals surface area contributed by atoms with E-state index in [-0.39, 0.29) is 18.6 Å². The third kappa shape index (κ3) is 7.09. The molecular weight excluding hydrogens is 270 g/mol. The van der Waals surface area contributed by atoms with E-state index < -0.39 is 5.91 Å². The molecule has 1 atom stereocenters. The van der Waals surface area contributed by atoms with Gasteiger partial charge in [-0.15, -0.1) is 11.8 Å². The first kappa shape index (κ1) is 16.7. The zero-order chi connectivity index (χ0) is 15.5. The van der Waals surface area contributed by atoms with Crippen LogP contribution in [0.5, 0.6) is 0 Å². The Bertz CT molecular complexity index is 520. The highest BCUT2D eigenvalue weighted by Gasteiger charge is 2.11. The molecule has 112 valence electrons. The maximum Gasteiger partial charge on any atom is 0.250 e. The van der Waals surface area contributed by atoms with Crippen molar-refractivity contribution in [2.75, 3.05) is 13.7 Å². The van der Waals surface area contributed by atoms with Crippen molar-refractivity contribution in [1.29, 1.82) is 0 Å². The van der Waals surface area contributed by atoms with Crippen molar-refractivity contribution in [3.8, 4) is 11.8 Å². The molecule has 0 spiro atoms. The number of hydrogen-bond acceptors (Lipinski definition) is 4.